The van der Waals surface area contributed by atoms with E-state index in [4.69, 9.17) is 0 Å². The molecule has 1 aliphatic heterocycles. The van der Waals surface area contributed by atoms with Crippen molar-refractivity contribution >= 4 is 11.9 Å². The van der Waals surface area contributed by atoms with Gasteiger partial charge < -0.3 is 0 Å². The third-order valence-corrected chi connectivity index (χ3v) is 2.86. The van der Waals surface area contributed by atoms with Gasteiger partial charge in [0.05, 0.1) is 0 Å². The maximum atomic E-state index is 11.7. The minimum absolute atomic E-state index is 0.120. The summed E-state index contributed by atoms with van der Waals surface area (Å²) >= 11 is 0. The number of hydrogen-bond acceptors (Lipinski definition) is 2. The molecule has 1 fully saturated rings. The van der Waals surface area contributed by atoms with Crippen LogP contribution in [-0.2, 0) is 4.79 Å². The first-order valence-corrected chi connectivity index (χ1v) is 6.09. The summed E-state index contributed by atoms with van der Waals surface area (Å²) in [7, 11) is 0. The molecule has 1 heterocycles. The van der Waals surface area contributed by atoms with Gasteiger partial charge in [-0.3, -0.25) is 14.6 Å². The van der Waals surface area contributed by atoms with Gasteiger partial charge in [0.1, 0.15) is 6.54 Å². The van der Waals surface area contributed by atoms with E-state index >= 15 is 0 Å². The zero-order chi connectivity index (χ0) is 13.1. The average molecular weight is 238 g/mol. The Hall–Kier alpha value is -1.32. The Labute approximate surface area is 103 Å². The largest absolute Gasteiger partial charge is 0.331 e. The molecule has 0 bridgehead atoms. The Balaban J connectivity index is 2.35. The lowest BCUT2D eigenvalue weighted by Gasteiger charge is -2.19. The topological polar surface area (TPSA) is 40.6 Å². The lowest BCUT2D eigenvalue weighted by atomic mass is 9.90. The van der Waals surface area contributed by atoms with Crippen LogP contribution in [-0.4, -0.2) is 34.8 Å². The van der Waals surface area contributed by atoms with Crippen molar-refractivity contribution in [2.45, 2.75) is 40.0 Å². The second kappa shape index (κ2) is 5.34. The fraction of sp³-hybridized carbons (Fsp3) is 0.692. The number of urea groups is 1. The van der Waals surface area contributed by atoms with Crippen LogP contribution in [0.15, 0.2) is 12.8 Å². The monoisotopic (exact) mass is 238 g/mol. The Morgan fingerprint density at radius 1 is 1.29 bits per heavy atom. The molecule has 1 rings (SSSR count). The molecule has 1 aliphatic rings. The summed E-state index contributed by atoms with van der Waals surface area (Å²) in [6.07, 6.45) is 4.43. The highest BCUT2D eigenvalue weighted by atomic mass is 16.2. The molecule has 0 aromatic carbocycles. The standard InChI is InChI=1S/C13H22N2O2/c1-5-14-10-11(16)15(12(14)17)9-7-6-8-13(2,3)4/h5H,1,6-10H2,2-4H3. The zero-order valence-corrected chi connectivity index (χ0v) is 11.0. The molecule has 0 aromatic rings. The van der Waals surface area contributed by atoms with Crippen molar-refractivity contribution in [3.05, 3.63) is 12.8 Å². The summed E-state index contributed by atoms with van der Waals surface area (Å²) in [6, 6.07) is -0.235. The SMILES string of the molecule is C=CN1CC(=O)N(CCCCC(C)(C)C)C1=O. The van der Waals surface area contributed by atoms with Gasteiger partial charge in [0.15, 0.2) is 0 Å². The summed E-state index contributed by atoms with van der Waals surface area (Å²) in [5.41, 5.74) is 0.312. The fourth-order valence-electron chi connectivity index (χ4n) is 1.85. The van der Waals surface area contributed by atoms with Crippen LogP contribution in [0.4, 0.5) is 4.79 Å². The summed E-state index contributed by atoms with van der Waals surface area (Å²) in [5.74, 6) is -0.120. The quantitative estimate of drug-likeness (QED) is 0.545. The first-order valence-electron chi connectivity index (χ1n) is 6.09. The van der Waals surface area contributed by atoms with Gasteiger partial charge in [-0.25, -0.2) is 4.79 Å². The molecule has 0 atom stereocenters. The minimum Gasteiger partial charge on any atom is -0.292 e. The van der Waals surface area contributed by atoms with E-state index in [0.29, 0.717) is 12.0 Å². The second-order valence-corrected chi connectivity index (χ2v) is 5.66. The van der Waals surface area contributed by atoms with Crippen molar-refractivity contribution in [1.82, 2.24) is 9.80 Å². The van der Waals surface area contributed by atoms with Crippen LogP contribution in [0.2, 0.25) is 0 Å². The number of rotatable bonds is 5. The number of imide groups is 1. The van der Waals surface area contributed by atoms with Crippen molar-refractivity contribution in [2.75, 3.05) is 13.1 Å². The number of nitrogens with zero attached hydrogens (tertiary/aromatic N) is 2. The fourth-order valence-corrected chi connectivity index (χ4v) is 1.85. The Bertz CT molecular complexity index is 318. The maximum Gasteiger partial charge on any atom is 0.331 e. The predicted octanol–water partition coefficient (Wildman–Crippen LogP) is 2.61. The van der Waals surface area contributed by atoms with E-state index in [1.807, 2.05) is 0 Å². The van der Waals surface area contributed by atoms with Crippen LogP contribution in [0.1, 0.15) is 40.0 Å². The molecule has 0 saturated carbocycles. The molecule has 4 heteroatoms. The van der Waals surface area contributed by atoms with Crippen LogP contribution in [0.5, 0.6) is 0 Å². The lowest BCUT2D eigenvalue weighted by Crippen LogP contribution is -2.32. The van der Waals surface area contributed by atoms with Gasteiger partial charge in [0.2, 0.25) is 0 Å². The van der Waals surface area contributed by atoms with E-state index in [-0.39, 0.29) is 18.5 Å². The van der Waals surface area contributed by atoms with Crippen molar-refractivity contribution < 1.29 is 9.59 Å². The molecule has 0 N–H and O–H groups in total. The summed E-state index contributed by atoms with van der Waals surface area (Å²) in [6.45, 7) is 10.8. The number of carbonyl (C=O) groups is 2. The number of carbonyl (C=O) groups excluding carboxylic acids is 2. The Morgan fingerprint density at radius 3 is 2.41 bits per heavy atom. The average Bonchev–Trinajstić information content (AvgIpc) is 2.48. The molecular weight excluding hydrogens is 216 g/mol. The second-order valence-electron chi connectivity index (χ2n) is 5.66. The highest BCUT2D eigenvalue weighted by molar-refractivity contribution is 6.02. The van der Waals surface area contributed by atoms with Gasteiger partial charge in [0, 0.05) is 12.7 Å². The van der Waals surface area contributed by atoms with Crippen LogP contribution in [0.3, 0.4) is 0 Å². The lowest BCUT2D eigenvalue weighted by molar-refractivity contribution is -0.125. The minimum atomic E-state index is -0.235. The summed E-state index contributed by atoms with van der Waals surface area (Å²) < 4.78 is 0. The Morgan fingerprint density at radius 2 is 1.94 bits per heavy atom. The third-order valence-electron chi connectivity index (χ3n) is 2.86. The molecule has 17 heavy (non-hydrogen) atoms. The molecule has 96 valence electrons. The highest BCUT2D eigenvalue weighted by Gasteiger charge is 2.33. The Kier molecular flexibility index (Phi) is 4.32. The maximum absolute atomic E-state index is 11.7. The van der Waals surface area contributed by atoms with Crippen LogP contribution < -0.4 is 0 Å². The van der Waals surface area contributed by atoms with Gasteiger partial charge in [0.25, 0.3) is 5.91 Å². The molecular formula is C13H22N2O2. The predicted molar refractivity (Wildman–Crippen MR) is 67.3 cm³/mol. The van der Waals surface area contributed by atoms with E-state index in [9.17, 15) is 9.59 Å². The number of hydrogen-bond donors (Lipinski definition) is 0. The molecule has 0 unspecified atom stereocenters. The van der Waals surface area contributed by atoms with Crippen LogP contribution >= 0.6 is 0 Å². The first-order chi connectivity index (χ1) is 7.85. The molecule has 0 aliphatic carbocycles. The van der Waals surface area contributed by atoms with Gasteiger partial charge in [-0.05, 0) is 18.3 Å². The summed E-state index contributed by atoms with van der Waals surface area (Å²) in [5, 5.41) is 0. The van der Waals surface area contributed by atoms with Crippen molar-refractivity contribution in [3.63, 3.8) is 0 Å². The van der Waals surface area contributed by atoms with E-state index in [1.54, 1.807) is 0 Å². The number of amides is 3. The van der Waals surface area contributed by atoms with E-state index < -0.39 is 0 Å². The van der Waals surface area contributed by atoms with E-state index in [1.165, 1.54) is 16.0 Å². The molecule has 4 nitrogen and oxygen atoms in total. The zero-order valence-electron chi connectivity index (χ0n) is 11.0. The van der Waals surface area contributed by atoms with Crippen LogP contribution in [0.25, 0.3) is 0 Å². The van der Waals surface area contributed by atoms with Gasteiger partial charge in [-0.1, -0.05) is 33.8 Å². The van der Waals surface area contributed by atoms with Crippen molar-refractivity contribution in [2.24, 2.45) is 5.41 Å². The molecule has 0 spiro atoms. The molecule has 1 saturated heterocycles. The third kappa shape index (κ3) is 3.88. The molecule has 3 amide bonds. The van der Waals surface area contributed by atoms with Gasteiger partial charge in [-0.2, -0.15) is 0 Å². The van der Waals surface area contributed by atoms with Crippen molar-refractivity contribution in [3.8, 4) is 0 Å². The smallest absolute Gasteiger partial charge is 0.292 e. The van der Waals surface area contributed by atoms with E-state index in [2.05, 4.69) is 27.4 Å². The van der Waals surface area contributed by atoms with Crippen molar-refractivity contribution in [1.29, 1.82) is 0 Å². The summed E-state index contributed by atoms with van der Waals surface area (Å²) in [4.78, 5) is 25.9. The van der Waals surface area contributed by atoms with Crippen LogP contribution in [0, 0.1) is 5.41 Å². The molecule has 0 radical (unpaired) electrons. The van der Waals surface area contributed by atoms with Gasteiger partial charge >= 0.3 is 6.03 Å². The normalized spacial score (nSPS) is 16.9. The number of unbranched alkanes of at least 4 members (excludes halogenated alkanes) is 1. The first kappa shape index (κ1) is 13.7. The van der Waals surface area contributed by atoms with Gasteiger partial charge in [-0.15, -0.1) is 0 Å². The highest BCUT2D eigenvalue weighted by Crippen LogP contribution is 2.22. The molecule has 0 aromatic heterocycles. The van der Waals surface area contributed by atoms with E-state index in [0.717, 1.165) is 19.3 Å².